The summed E-state index contributed by atoms with van der Waals surface area (Å²) in [4.78, 5) is 12.5. The van der Waals surface area contributed by atoms with Crippen molar-refractivity contribution in [3.63, 3.8) is 0 Å². The van der Waals surface area contributed by atoms with Crippen molar-refractivity contribution in [2.45, 2.75) is 19.5 Å². The van der Waals surface area contributed by atoms with Crippen LogP contribution in [-0.4, -0.2) is 38.8 Å². The molecule has 21 heavy (non-hydrogen) atoms. The van der Waals surface area contributed by atoms with E-state index in [4.69, 9.17) is 5.11 Å². The zero-order valence-electron chi connectivity index (χ0n) is 11.6. The minimum Gasteiger partial charge on any atom is -0.480 e. The molecule has 1 atom stereocenters. The van der Waals surface area contributed by atoms with Crippen molar-refractivity contribution in [1.82, 2.24) is 14.7 Å². The number of aromatic nitrogens is 2. The van der Waals surface area contributed by atoms with Gasteiger partial charge in [-0.3, -0.25) is 9.69 Å². The Bertz CT molecular complexity index is 637. The highest BCUT2D eigenvalue weighted by molar-refractivity contribution is 5.72. The van der Waals surface area contributed by atoms with Crippen LogP contribution >= 0.6 is 0 Å². The number of carbonyl (C=O) groups is 1. The van der Waals surface area contributed by atoms with Crippen molar-refractivity contribution in [1.29, 1.82) is 0 Å². The van der Waals surface area contributed by atoms with Gasteiger partial charge in [-0.1, -0.05) is 6.07 Å². The molecule has 0 spiro atoms. The Morgan fingerprint density at radius 1 is 1.38 bits per heavy atom. The van der Waals surface area contributed by atoms with Crippen molar-refractivity contribution < 1.29 is 18.7 Å². The molecular formula is C14H15F2N3O2. The van der Waals surface area contributed by atoms with Gasteiger partial charge in [0.1, 0.15) is 11.7 Å². The highest BCUT2D eigenvalue weighted by atomic mass is 19.1. The highest BCUT2D eigenvalue weighted by Gasteiger charge is 2.18. The molecule has 2 aromatic rings. The lowest BCUT2D eigenvalue weighted by atomic mass is 10.3. The largest absolute Gasteiger partial charge is 0.480 e. The van der Waals surface area contributed by atoms with Gasteiger partial charge in [0, 0.05) is 12.7 Å². The lowest BCUT2D eigenvalue weighted by Crippen LogP contribution is -2.35. The van der Waals surface area contributed by atoms with Crippen molar-refractivity contribution in [3.8, 4) is 5.69 Å². The van der Waals surface area contributed by atoms with E-state index in [1.54, 1.807) is 24.9 Å². The number of hydrogen-bond acceptors (Lipinski definition) is 3. The van der Waals surface area contributed by atoms with Crippen LogP contribution in [0.1, 0.15) is 12.6 Å². The van der Waals surface area contributed by atoms with Gasteiger partial charge >= 0.3 is 5.97 Å². The summed E-state index contributed by atoms with van der Waals surface area (Å²) in [6, 6.07) is 4.49. The number of rotatable bonds is 5. The minimum atomic E-state index is -0.947. The molecule has 0 aliphatic carbocycles. The zero-order valence-corrected chi connectivity index (χ0v) is 11.6. The maximum absolute atomic E-state index is 13.7. The van der Waals surface area contributed by atoms with Crippen LogP contribution in [0.15, 0.2) is 30.5 Å². The smallest absolute Gasteiger partial charge is 0.320 e. The van der Waals surface area contributed by atoms with E-state index < -0.39 is 23.6 Å². The summed E-state index contributed by atoms with van der Waals surface area (Å²) in [7, 11) is 1.64. The monoisotopic (exact) mass is 295 g/mol. The molecule has 0 saturated heterocycles. The fourth-order valence-corrected chi connectivity index (χ4v) is 1.86. The Morgan fingerprint density at radius 3 is 2.57 bits per heavy atom. The van der Waals surface area contributed by atoms with Crippen molar-refractivity contribution >= 4 is 5.97 Å². The second-order valence-electron chi connectivity index (χ2n) is 4.75. The molecule has 1 unspecified atom stereocenters. The quantitative estimate of drug-likeness (QED) is 0.917. The fourth-order valence-electron chi connectivity index (χ4n) is 1.86. The summed E-state index contributed by atoms with van der Waals surface area (Å²) in [5, 5.41) is 13.0. The number of likely N-dealkylation sites (N-methyl/N-ethyl adjacent to an activating group) is 1. The average molecular weight is 295 g/mol. The molecular weight excluding hydrogens is 280 g/mol. The summed E-state index contributed by atoms with van der Waals surface area (Å²) in [6.07, 6.45) is 1.44. The Morgan fingerprint density at radius 2 is 2.00 bits per heavy atom. The van der Waals surface area contributed by atoms with Gasteiger partial charge in [0.15, 0.2) is 11.6 Å². The molecule has 0 bridgehead atoms. The molecule has 0 aliphatic rings. The minimum absolute atomic E-state index is 0.252. The van der Waals surface area contributed by atoms with Gasteiger partial charge in [0.05, 0.1) is 5.69 Å². The van der Waals surface area contributed by atoms with E-state index in [0.717, 1.165) is 16.8 Å². The molecule has 0 fully saturated rings. The van der Waals surface area contributed by atoms with Gasteiger partial charge in [-0.15, -0.1) is 0 Å². The van der Waals surface area contributed by atoms with Crippen LogP contribution in [0.4, 0.5) is 8.78 Å². The van der Waals surface area contributed by atoms with E-state index in [0.29, 0.717) is 5.69 Å². The van der Waals surface area contributed by atoms with Gasteiger partial charge in [0.25, 0.3) is 0 Å². The number of carboxylic acid groups (broad SMARTS) is 1. The standard InChI is InChI=1S/C14H15F2N3O2/c1-9(14(20)21)18(2)8-10-6-7-19(17-10)13-11(15)4-3-5-12(13)16/h3-7,9H,8H2,1-2H3,(H,20,21). The summed E-state index contributed by atoms with van der Waals surface area (Å²) in [6.45, 7) is 1.81. The van der Waals surface area contributed by atoms with E-state index in [1.165, 1.54) is 12.3 Å². The van der Waals surface area contributed by atoms with Crippen molar-refractivity contribution in [2.24, 2.45) is 0 Å². The first kappa shape index (κ1) is 15.1. The van der Waals surface area contributed by atoms with Gasteiger partial charge in [-0.25, -0.2) is 13.5 Å². The Hall–Kier alpha value is -2.28. The van der Waals surface area contributed by atoms with E-state index in [9.17, 15) is 13.6 Å². The normalized spacial score (nSPS) is 12.6. The first-order chi connectivity index (χ1) is 9.90. The SMILES string of the molecule is CC(C(=O)O)N(C)Cc1ccn(-c2c(F)cccc2F)n1. The first-order valence-corrected chi connectivity index (χ1v) is 6.32. The Labute approximate surface area is 120 Å². The topological polar surface area (TPSA) is 58.4 Å². The van der Waals surface area contributed by atoms with E-state index >= 15 is 0 Å². The van der Waals surface area contributed by atoms with E-state index in [-0.39, 0.29) is 12.2 Å². The summed E-state index contributed by atoms with van der Waals surface area (Å²) in [5.74, 6) is -2.37. The van der Waals surface area contributed by atoms with Crippen LogP contribution in [0, 0.1) is 11.6 Å². The number of benzene rings is 1. The summed E-state index contributed by atoms with van der Waals surface area (Å²) >= 11 is 0. The maximum atomic E-state index is 13.7. The summed E-state index contributed by atoms with van der Waals surface area (Å²) in [5.41, 5.74) is 0.269. The van der Waals surface area contributed by atoms with Crippen LogP contribution in [0.3, 0.4) is 0 Å². The fraction of sp³-hybridized carbons (Fsp3) is 0.286. The molecule has 2 rings (SSSR count). The molecule has 1 N–H and O–H groups in total. The van der Waals surface area contributed by atoms with Crippen LogP contribution in [0.25, 0.3) is 5.69 Å². The molecule has 5 nitrogen and oxygen atoms in total. The van der Waals surface area contributed by atoms with Crippen LogP contribution in [0.5, 0.6) is 0 Å². The number of para-hydroxylation sites is 1. The van der Waals surface area contributed by atoms with E-state index in [2.05, 4.69) is 5.10 Å². The third-order valence-electron chi connectivity index (χ3n) is 3.24. The van der Waals surface area contributed by atoms with Crippen molar-refractivity contribution in [2.75, 3.05) is 7.05 Å². The van der Waals surface area contributed by atoms with Gasteiger partial charge in [0.2, 0.25) is 0 Å². The molecule has 0 amide bonds. The average Bonchev–Trinajstić information content (AvgIpc) is 2.85. The lowest BCUT2D eigenvalue weighted by Gasteiger charge is -2.19. The van der Waals surface area contributed by atoms with Crippen LogP contribution < -0.4 is 0 Å². The number of aliphatic carboxylic acids is 1. The second-order valence-corrected chi connectivity index (χ2v) is 4.75. The second kappa shape index (κ2) is 6.01. The predicted octanol–water partition coefficient (Wildman–Crippen LogP) is 2.06. The zero-order chi connectivity index (χ0) is 15.6. The third kappa shape index (κ3) is 3.25. The molecule has 0 saturated carbocycles. The maximum Gasteiger partial charge on any atom is 0.320 e. The van der Waals surface area contributed by atoms with Gasteiger partial charge in [-0.05, 0) is 32.2 Å². The molecule has 0 aliphatic heterocycles. The highest BCUT2D eigenvalue weighted by Crippen LogP contribution is 2.17. The number of nitrogens with zero attached hydrogens (tertiary/aromatic N) is 3. The Balaban J connectivity index is 2.21. The molecule has 0 radical (unpaired) electrons. The molecule has 112 valence electrons. The lowest BCUT2D eigenvalue weighted by molar-refractivity contribution is -0.142. The van der Waals surface area contributed by atoms with Gasteiger partial charge < -0.3 is 5.11 Å². The molecule has 1 aromatic heterocycles. The molecule has 1 aromatic carbocycles. The van der Waals surface area contributed by atoms with Gasteiger partial charge in [-0.2, -0.15) is 5.10 Å². The third-order valence-corrected chi connectivity index (χ3v) is 3.24. The van der Waals surface area contributed by atoms with E-state index in [1.807, 2.05) is 0 Å². The molecule has 1 heterocycles. The number of halogens is 2. The predicted molar refractivity (Wildman–Crippen MR) is 72.0 cm³/mol. The molecule has 7 heteroatoms. The number of carboxylic acids is 1. The number of hydrogen-bond donors (Lipinski definition) is 1. The van der Waals surface area contributed by atoms with Crippen LogP contribution in [0.2, 0.25) is 0 Å². The first-order valence-electron chi connectivity index (χ1n) is 6.32. The Kier molecular flexibility index (Phi) is 4.32. The van der Waals surface area contributed by atoms with Crippen LogP contribution in [-0.2, 0) is 11.3 Å². The summed E-state index contributed by atoms with van der Waals surface area (Å²) < 4.78 is 28.4. The van der Waals surface area contributed by atoms with Crippen molar-refractivity contribution in [3.05, 3.63) is 47.8 Å².